The van der Waals surface area contributed by atoms with Crippen molar-refractivity contribution in [3.63, 3.8) is 0 Å². The predicted octanol–water partition coefficient (Wildman–Crippen LogP) is 1.26. The van der Waals surface area contributed by atoms with Crippen LogP contribution in [-0.4, -0.2) is 16.2 Å². The fourth-order valence-corrected chi connectivity index (χ4v) is 1.02. The first kappa shape index (κ1) is 9.97. The van der Waals surface area contributed by atoms with E-state index < -0.39 is 11.1 Å². The zero-order valence-corrected chi connectivity index (χ0v) is 7.26. The van der Waals surface area contributed by atoms with Crippen LogP contribution in [0.15, 0.2) is 18.2 Å². The molecule has 0 atom stereocenters. The normalized spacial score (nSPS) is 9.50. The summed E-state index contributed by atoms with van der Waals surface area (Å²) in [4.78, 5) is 24.7. The van der Waals surface area contributed by atoms with E-state index in [9.17, 15) is 14.9 Å². The van der Waals surface area contributed by atoms with E-state index >= 15 is 0 Å². The van der Waals surface area contributed by atoms with Crippen LogP contribution in [0.25, 0.3) is 0 Å². The van der Waals surface area contributed by atoms with Gasteiger partial charge in [0.05, 0.1) is 5.56 Å². The molecule has 0 saturated heterocycles. The molecular weight excluding hydrogens is 190 g/mol. The molecule has 0 bridgehead atoms. The molecular formula is C8H7NO5. The van der Waals surface area contributed by atoms with Gasteiger partial charge in [0, 0.05) is 0 Å². The van der Waals surface area contributed by atoms with Crippen LogP contribution in [0.5, 0.6) is 5.75 Å². The van der Waals surface area contributed by atoms with E-state index in [0.29, 0.717) is 5.56 Å². The van der Waals surface area contributed by atoms with Gasteiger partial charge < -0.3 is 5.11 Å². The summed E-state index contributed by atoms with van der Waals surface area (Å²) in [5.41, 5.74) is 0.512. The summed E-state index contributed by atoms with van der Waals surface area (Å²) in [5.74, 6) is -1.06. The Bertz CT molecular complexity index is 387. The lowest BCUT2D eigenvalue weighted by Crippen LogP contribution is -2.05. The van der Waals surface area contributed by atoms with Gasteiger partial charge in [-0.3, -0.25) is 4.84 Å². The average Bonchev–Trinajstić information content (AvgIpc) is 2.01. The second-order valence-electron chi connectivity index (χ2n) is 2.60. The van der Waals surface area contributed by atoms with Gasteiger partial charge in [0.15, 0.2) is 0 Å². The molecule has 0 radical (unpaired) electrons. The van der Waals surface area contributed by atoms with Crippen molar-refractivity contribution in [1.29, 1.82) is 0 Å². The quantitative estimate of drug-likeness (QED) is 0.581. The Morgan fingerprint density at radius 3 is 2.64 bits per heavy atom. The zero-order valence-electron chi connectivity index (χ0n) is 7.26. The van der Waals surface area contributed by atoms with Gasteiger partial charge in [0.1, 0.15) is 5.75 Å². The lowest BCUT2D eigenvalue weighted by atomic mass is 10.1. The maximum absolute atomic E-state index is 10.6. The molecule has 1 N–H and O–H groups in total. The van der Waals surface area contributed by atoms with Crippen molar-refractivity contribution >= 4 is 5.97 Å². The van der Waals surface area contributed by atoms with Gasteiger partial charge in [-0.25, -0.2) is 4.79 Å². The summed E-state index contributed by atoms with van der Waals surface area (Å²) in [5, 5.41) is 17.7. The highest BCUT2D eigenvalue weighted by Crippen LogP contribution is 2.17. The molecule has 1 aromatic rings. The van der Waals surface area contributed by atoms with Gasteiger partial charge in [0.25, 0.3) is 5.09 Å². The first-order chi connectivity index (χ1) is 6.50. The van der Waals surface area contributed by atoms with Crippen LogP contribution < -0.4 is 4.84 Å². The number of benzene rings is 1. The molecule has 0 heterocycles. The SMILES string of the molecule is Cc1cc(O[N+](=O)[O-])ccc1C(=O)O. The van der Waals surface area contributed by atoms with E-state index in [2.05, 4.69) is 4.84 Å². The average molecular weight is 197 g/mol. The standard InChI is InChI=1S/C8H7NO5/c1-5-4-6(14-9(12)13)2-3-7(5)8(10)11/h2-4H,1H3,(H,10,11). The Morgan fingerprint density at radius 2 is 2.21 bits per heavy atom. The van der Waals surface area contributed by atoms with E-state index in [0.717, 1.165) is 0 Å². The van der Waals surface area contributed by atoms with Crippen LogP contribution in [0.1, 0.15) is 15.9 Å². The number of hydrogen-bond donors (Lipinski definition) is 1. The van der Waals surface area contributed by atoms with Gasteiger partial charge in [-0.15, -0.1) is 10.1 Å². The monoisotopic (exact) mass is 197 g/mol. The van der Waals surface area contributed by atoms with Gasteiger partial charge in [0.2, 0.25) is 0 Å². The maximum Gasteiger partial charge on any atom is 0.335 e. The predicted molar refractivity (Wildman–Crippen MR) is 45.8 cm³/mol. The summed E-state index contributed by atoms with van der Waals surface area (Å²) < 4.78 is 0. The molecule has 6 heteroatoms. The van der Waals surface area contributed by atoms with E-state index in [1.165, 1.54) is 25.1 Å². The van der Waals surface area contributed by atoms with Crippen molar-refractivity contribution in [2.45, 2.75) is 6.92 Å². The van der Waals surface area contributed by atoms with Crippen molar-refractivity contribution in [2.75, 3.05) is 0 Å². The molecule has 0 aliphatic heterocycles. The van der Waals surface area contributed by atoms with Gasteiger partial charge >= 0.3 is 5.97 Å². The molecule has 0 spiro atoms. The number of carboxylic acids is 1. The largest absolute Gasteiger partial charge is 0.478 e. The molecule has 0 aliphatic rings. The lowest BCUT2D eigenvalue weighted by molar-refractivity contribution is -0.711. The van der Waals surface area contributed by atoms with Crippen LogP contribution in [0.2, 0.25) is 0 Å². The van der Waals surface area contributed by atoms with Crippen molar-refractivity contribution in [3.05, 3.63) is 39.4 Å². The number of hydrogen-bond acceptors (Lipinski definition) is 4. The maximum atomic E-state index is 10.6. The van der Waals surface area contributed by atoms with E-state index in [1.54, 1.807) is 0 Å². The molecule has 1 rings (SSSR count). The number of aromatic carboxylic acids is 1. The first-order valence-corrected chi connectivity index (χ1v) is 3.67. The Balaban J connectivity index is 3.00. The zero-order chi connectivity index (χ0) is 10.7. The molecule has 14 heavy (non-hydrogen) atoms. The molecule has 0 aliphatic carbocycles. The minimum atomic E-state index is -1.07. The molecule has 0 saturated carbocycles. The van der Waals surface area contributed by atoms with Crippen LogP contribution in [0.4, 0.5) is 0 Å². The molecule has 0 unspecified atom stereocenters. The van der Waals surface area contributed by atoms with Crippen LogP contribution in [0, 0.1) is 17.0 Å². The van der Waals surface area contributed by atoms with Crippen LogP contribution in [-0.2, 0) is 0 Å². The third-order valence-corrected chi connectivity index (χ3v) is 1.61. The molecule has 1 aromatic carbocycles. The molecule has 0 aromatic heterocycles. The smallest absolute Gasteiger partial charge is 0.335 e. The highest BCUT2D eigenvalue weighted by molar-refractivity contribution is 5.89. The number of carboxylic acid groups (broad SMARTS) is 1. The van der Waals surface area contributed by atoms with Gasteiger partial charge in [-0.1, -0.05) is 0 Å². The second-order valence-corrected chi connectivity index (χ2v) is 2.60. The van der Waals surface area contributed by atoms with E-state index in [4.69, 9.17) is 5.11 Å². The molecule has 0 amide bonds. The molecule has 6 nitrogen and oxygen atoms in total. The third kappa shape index (κ3) is 2.19. The second kappa shape index (κ2) is 3.73. The minimum Gasteiger partial charge on any atom is -0.478 e. The highest BCUT2D eigenvalue weighted by Gasteiger charge is 2.08. The fraction of sp³-hybridized carbons (Fsp3) is 0.125. The first-order valence-electron chi connectivity index (χ1n) is 3.67. The topological polar surface area (TPSA) is 89.7 Å². The van der Waals surface area contributed by atoms with E-state index in [-0.39, 0.29) is 11.3 Å². The third-order valence-electron chi connectivity index (χ3n) is 1.61. The van der Waals surface area contributed by atoms with Crippen molar-refractivity contribution in [3.8, 4) is 5.75 Å². The van der Waals surface area contributed by atoms with E-state index in [1.807, 2.05) is 0 Å². The summed E-state index contributed by atoms with van der Waals surface area (Å²) in [6.45, 7) is 1.54. The number of aryl methyl sites for hydroxylation is 1. The highest BCUT2D eigenvalue weighted by atomic mass is 17.0. The van der Waals surface area contributed by atoms with Gasteiger partial charge in [-0.05, 0) is 30.7 Å². The summed E-state index contributed by atoms with van der Waals surface area (Å²) in [7, 11) is 0. The number of nitrogens with zero attached hydrogens (tertiary/aromatic N) is 1. The lowest BCUT2D eigenvalue weighted by Gasteiger charge is -2.02. The molecule has 74 valence electrons. The Hall–Kier alpha value is -2.11. The Morgan fingerprint density at radius 1 is 1.57 bits per heavy atom. The van der Waals surface area contributed by atoms with Crippen molar-refractivity contribution in [2.24, 2.45) is 0 Å². The van der Waals surface area contributed by atoms with Crippen molar-refractivity contribution < 1.29 is 19.8 Å². The number of rotatable bonds is 3. The van der Waals surface area contributed by atoms with Crippen LogP contribution >= 0.6 is 0 Å². The minimum absolute atomic E-state index is 0.0116. The summed E-state index contributed by atoms with van der Waals surface area (Å²) in [6.07, 6.45) is 0. The van der Waals surface area contributed by atoms with Gasteiger partial charge in [-0.2, -0.15) is 0 Å². The van der Waals surface area contributed by atoms with Crippen molar-refractivity contribution in [1.82, 2.24) is 0 Å². The Labute approximate surface area is 78.8 Å². The fourth-order valence-electron chi connectivity index (χ4n) is 1.02. The number of carbonyl (C=O) groups is 1. The summed E-state index contributed by atoms with van der Waals surface area (Å²) >= 11 is 0. The Kier molecular flexibility index (Phi) is 2.66. The molecule has 0 fully saturated rings. The van der Waals surface area contributed by atoms with Crippen LogP contribution in [0.3, 0.4) is 0 Å². The summed E-state index contributed by atoms with van der Waals surface area (Å²) in [6, 6.07) is 3.79.